The second kappa shape index (κ2) is 11.0. The third kappa shape index (κ3) is 5.13. The van der Waals surface area contributed by atoms with Crippen LogP contribution in [0.1, 0.15) is 64.6 Å². The van der Waals surface area contributed by atoms with Gasteiger partial charge in [-0.25, -0.2) is 4.39 Å². The van der Waals surface area contributed by atoms with Crippen molar-refractivity contribution in [2.45, 2.75) is 46.7 Å². The Kier molecular flexibility index (Phi) is 7.52. The van der Waals surface area contributed by atoms with Crippen molar-refractivity contribution in [2.24, 2.45) is 5.92 Å². The van der Waals surface area contributed by atoms with Crippen molar-refractivity contribution in [1.82, 2.24) is 15.1 Å². The number of nitrogens with one attached hydrogen (secondary N) is 1. The van der Waals surface area contributed by atoms with Crippen LogP contribution in [0.4, 0.5) is 4.39 Å². The van der Waals surface area contributed by atoms with Gasteiger partial charge in [0.15, 0.2) is 11.5 Å². The topological polar surface area (TPSA) is 87.7 Å². The molecule has 1 aromatic heterocycles. The van der Waals surface area contributed by atoms with E-state index < -0.39 is 6.04 Å². The van der Waals surface area contributed by atoms with Gasteiger partial charge in [0.05, 0.1) is 19.8 Å². The van der Waals surface area contributed by atoms with Crippen LogP contribution in [0.25, 0.3) is 11.3 Å². The van der Waals surface area contributed by atoms with E-state index in [2.05, 4.69) is 24.0 Å². The van der Waals surface area contributed by atoms with Gasteiger partial charge in [-0.05, 0) is 78.8 Å². The molecule has 1 atom stereocenters. The maximum Gasteiger partial charge on any atom is 0.273 e. The second-order valence-electron chi connectivity index (χ2n) is 10.7. The van der Waals surface area contributed by atoms with Gasteiger partial charge >= 0.3 is 0 Å². The average Bonchev–Trinajstić information content (AvgIpc) is 3.46. The number of aromatic amines is 1. The molecule has 1 amide bonds. The highest BCUT2D eigenvalue weighted by atomic mass is 19.1. The summed E-state index contributed by atoms with van der Waals surface area (Å²) in [5.41, 5.74) is 5.37. The number of H-pyrrole nitrogens is 1. The van der Waals surface area contributed by atoms with Gasteiger partial charge in [-0.15, -0.1) is 0 Å². The van der Waals surface area contributed by atoms with E-state index in [0.717, 1.165) is 28.7 Å². The summed E-state index contributed by atoms with van der Waals surface area (Å²) in [6.07, 6.45) is 0.911. The van der Waals surface area contributed by atoms with E-state index in [1.807, 2.05) is 44.2 Å². The Bertz CT molecular complexity index is 1540. The van der Waals surface area contributed by atoms with E-state index in [1.54, 1.807) is 24.1 Å². The van der Waals surface area contributed by atoms with Gasteiger partial charge in [0.2, 0.25) is 0 Å². The van der Waals surface area contributed by atoms with Crippen molar-refractivity contribution in [2.75, 3.05) is 13.7 Å². The van der Waals surface area contributed by atoms with Crippen LogP contribution in [0.15, 0.2) is 54.6 Å². The fraction of sp³-hybridized carbons (Fsp3) is 0.312. The number of nitrogens with zero attached hydrogens (tertiary/aromatic N) is 2. The van der Waals surface area contributed by atoms with Crippen LogP contribution in [0.3, 0.4) is 0 Å². The molecule has 0 fully saturated rings. The monoisotopic (exact) mass is 543 g/mol. The SMILES string of the molecule is COc1cc(C2c3c(-c4cc(C)cc(C)c4O)n[nH]c3C(=O)N2Cc2ccc(F)cc2)ccc1OCCC(C)C. The fourth-order valence-corrected chi connectivity index (χ4v) is 5.22. The molecule has 0 spiro atoms. The highest BCUT2D eigenvalue weighted by molar-refractivity contribution is 6.00. The third-order valence-corrected chi connectivity index (χ3v) is 7.29. The molecule has 7 nitrogen and oxygen atoms in total. The Hall–Kier alpha value is -4.33. The molecule has 2 heterocycles. The molecule has 5 rings (SSSR count). The van der Waals surface area contributed by atoms with Crippen LogP contribution in [-0.2, 0) is 6.54 Å². The Morgan fingerprint density at radius 1 is 1.07 bits per heavy atom. The number of benzene rings is 3. The minimum atomic E-state index is -0.542. The number of aryl methyl sites for hydroxylation is 2. The van der Waals surface area contributed by atoms with E-state index in [-0.39, 0.29) is 24.0 Å². The van der Waals surface area contributed by atoms with Gasteiger partial charge in [-0.1, -0.05) is 38.1 Å². The zero-order chi connectivity index (χ0) is 28.6. The number of carbonyl (C=O) groups excluding carboxylic acids is 1. The molecule has 208 valence electrons. The molecule has 4 aromatic rings. The van der Waals surface area contributed by atoms with Gasteiger partial charge in [-0.3, -0.25) is 9.89 Å². The number of halogens is 1. The van der Waals surface area contributed by atoms with E-state index in [9.17, 15) is 14.3 Å². The van der Waals surface area contributed by atoms with Crippen molar-refractivity contribution in [3.63, 3.8) is 0 Å². The number of aromatic nitrogens is 2. The molecule has 0 bridgehead atoms. The van der Waals surface area contributed by atoms with E-state index in [0.29, 0.717) is 46.5 Å². The van der Waals surface area contributed by atoms with Crippen LogP contribution in [0.5, 0.6) is 17.2 Å². The van der Waals surface area contributed by atoms with Crippen LogP contribution in [-0.4, -0.2) is 39.8 Å². The molecule has 0 aliphatic carbocycles. The number of phenolic OH excluding ortho intramolecular Hbond substituents is 1. The number of phenols is 1. The Morgan fingerprint density at radius 2 is 1.82 bits per heavy atom. The zero-order valence-electron chi connectivity index (χ0n) is 23.4. The Labute approximate surface area is 233 Å². The molecular formula is C32H34FN3O4. The van der Waals surface area contributed by atoms with Gasteiger partial charge in [0.1, 0.15) is 23.0 Å². The summed E-state index contributed by atoms with van der Waals surface area (Å²) in [6, 6.07) is 15.0. The lowest BCUT2D eigenvalue weighted by molar-refractivity contribution is 0.0730. The molecule has 1 aliphatic heterocycles. The van der Waals surface area contributed by atoms with Gasteiger partial charge in [0.25, 0.3) is 5.91 Å². The Morgan fingerprint density at radius 3 is 2.52 bits per heavy atom. The molecule has 2 N–H and O–H groups in total. The van der Waals surface area contributed by atoms with Crippen molar-refractivity contribution in [3.05, 3.63) is 93.9 Å². The maximum absolute atomic E-state index is 13.8. The molecule has 0 saturated heterocycles. The molecule has 3 aromatic carbocycles. The second-order valence-corrected chi connectivity index (χ2v) is 10.7. The quantitative estimate of drug-likeness (QED) is 0.245. The summed E-state index contributed by atoms with van der Waals surface area (Å²) in [5.74, 6) is 1.24. The first kappa shape index (κ1) is 27.2. The highest BCUT2D eigenvalue weighted by Crippen LogP contribution is 2.47. The number of ether oxygens (including phenoxy) is 2. The number of carbonyl (C=O) groups is 1. The number of amides is 1. The summed E-state index contributed by atoms with van der Waals surface area (Å²) in [5, 5.41) is 18.4. The molecule has 1 unspecified atom stereocenters. The number of methoxy groups -OCH3 is 1. The molecule has 0 radical (unpaired) electrons. The minimum absolute atomic E-state index is 0.120. The molecule has 0 saturated carbocycles. The molecular weight excluding hydrogens is 509 g/mol. The number of fused-ring (bicyclic) bond motifs is 1. The molecule has 1 aliphatic rings. The lowest BCUT2D eigenvalue weighted by atomic mass is 9.93. The summed E-state index contributed by atoms with van der Waals surface area (Å²) < 4.78 is 25.3. The lowest BCUT2D eigenvalue weighted by Crippen LogP contribution is -2.29. The first-order valence-corrected chi connectivity index (χ1v) is 13.4. The average molecular weight is 544 g/mol. The van der Waals surface area contributed by atoms with Crippen LogP contribution >= 0.6 is 0 Å². The van der Waals surface area contributed by atoms with Crippen LogP contribution in [0, 0.1) is 25.6 Å². The third-order valence-electron chi connectivity index (χ3n) is 7.29. The Balaban J connectivity index is 1.62. The molecule has 8 heteroatoms. The fourth-order valence-electron chi connectivity index (χ4n) is 5.22. The smallest absolute Gasteiger partial charge is 0.273 e. The van der Waals surface area contributed by atoms with Crippen molar-refractivity contribution >= 4 is 5.91 Å². The standard InChI is InChI=1S/C32H34FN3O4/c1-18(2)12-13-40-25-11-8-22(16-26(25)39-5)30-27-28(24-15-19(3)14-20(4)31(24)37)34-35-29(27)32(38)36(30)17-21-6-9-23(33)10-7-21/h6-11,14-16,18,30,37H,12-13,17H2,1-5H3,(H,34,35). The largest absolute Gasteiger partial charge is 0.507 e. The van der Waals surface area contributed by atoms with Crippen molar-refractivity contribution in [1.29, 1.82) is 0 Å². The van der Waals surface area contributed by atoms with E-state index in [4.69, 9.17) is 9.47 Å². The predicted octanol–water partition coefficient (Wildman–Crippen LogP) is 6.72. The van der Waals surface area contributed by atoms with Crippen molar-refractivity contribution in [3.8, 4) is 28.5 Å². The van der Waals surface area contributed by atoms with Crippen LogP contribution < -0.4 is 9.47 Å². The molecule has 40 heavy (non-hydrogen) atoms. The first-order chi connectivity index (χ1) is 19.2. The maximum atomic E-state index is 13.8. The minimum Gasteiger partial charge on any atom is -0.507 e. The number of hydrogen-bond acceptors (Lipinski definition) is 5. The lowest BCUT2D eigenvalue weighted by Gasteiger charge is -2.27. The van der Waals surface area contributed by atoms with Crippen molar-refractivity contribution < 1.29 is 23.8 Å². The number of rotatable bonds is 9. The van der Waals surface area contributed by atoms with E-state index in [1.165, 1.54) is 12.1 Å². The van der Waals surface area contributed by atoms with Gasteiger partial charge < -0.3 is 19.5 Å². The zero-order valence-corrected chi connectivity index (χ0v) is 23.4. The normalized spacial score (nSPS) is 14.6. The summed E-state index contributed by atoms with van der Waals surface area (Å²) >= 11 is 0. The van der Waals surface area contributed by atoms with E-state index >= 15 is 0 Å². The van der Waals surface area contributed by atoms with Gasteiger partial charge in [-0.2, -0.15) is 5.10 Å². The number of aromatic hydroxyl groups is 1. The number of hydrogen-bond donors (Lipinski definition) is 2. The summed E-state index contributed by atoms with van der Waals surface area (Å²) in [7, 11) is 1.59. The summed E-state index contributed by atoms with van der Waals surface area (Å²) in [4.78, 5) is 15.5. The van der Waals surface area contributed by atoms with Crippen LogP contribution in [0.2, 0.25) is 0 Å². The summed E-state index contributed by atoms with van der Waals surface area (Å²) in [6.45, 7) is 8.89. The predicted molar refractivity (Wildman–Crippen MR) is 151 cm³/mol. The first-order valence-electron chi connectivity index (χ1n) is 13.4. The highest BCUT2D eigenvalue weighted by Gasteiger charge is 2.43. The van der Waals surface area contributed by atoms with Gasteiger partial charge in [0, 0.05) is 17.7 Å².